The summed E-state index contributed by atoms with van der Waals surface area (Å²) in [6, 6.07) is 18.9. The van der Waals surface area contributed by atoms with Gasteiger partial charge in [-0.25, -0.2) is 0 Å². The van der Waals surface area contributed by atoms with Crippen molar-refractivity contribution in [3.05, 3.63) is 93.2 Å². The Morgan fingerprint density at radius 3 is 2.63 bits per heavy atom. The lowest BCUT2D eigenvalue weighted by atomic mass is 9.68. The Labute approximate surface area is 174 Å². The minimum Gasteiger partial charge on any atom is -0.358 e. The minimum atomic E-state index is -0.379. The number of fused-ring (bicyclic) bond motifs is 3. The Kier molecular flexibility index (Phi) is 4.03. The highest BCUT2D eigenvalue weighted by molar-refractivity contribution is 6.04. The Bertz CT molecular complexity index is 1260. The lowest BCUT2D eigenvalue weighted by Crippen LogP contribution is -2.33. The van der Waals surface area contributed by atoms with Gasteiger partial charge in [0.2, 0.25) is 0 Å². The molecule has 0 saturated heterocycles. The molecule has 30 heavy (non-hydrogen) atoms. The minimum absolute atomic E-state index is 0.0403. The summed E-state index contributed by atoms with van der Waals surface area (Å²) < 4.78 is 0. The van der Waals surface area contributed by atoms with E-state index in [2.05, 4.69) is 43.4 Å². The average Bonchev–Trinajstić information content (AvgIpc) is 2.71. The molecule has 5 heteroatoms. The third-order valence-electron chi connectivity index (χ3n) is 6.17. The number of ketones is 1. The van der Waals surface area contributed by atoms with Gasteiger partial charge in [0.05, 0.1) is 4.92 Å². The average molecular weight is 398 g/mol. The van der Waals surface area contributed by atoms with Gasteiger partial charge < -0.3 is 5.32 Å². The number of nitrogens with one attached hydrogen (secondary N) is 1. The van der Waals surface area contributed by atoms with Crippen molar-refractivity contribution < 1.29 is 9.72 Å². The van der Waals surface area contributed by atoms with E-state index in [4.69, 9.17) is 0 Å². The van der Waals surface area contributed by atoms with Crippen molar-refractivity contribution in [2.24, 2.45) is 5.41 Å². The molecule has 5 rings (SSSR count). The van der Waals surface area contributed by atoms with E-state index in [9.17, 15) is 14.9 Å². The van der Waals surface area contributed by atoms with Crippen LogP contribution in [0.2, 0.25) is 0 Å². The van der Waals surface area contributed by atoms with Gasteiger partial charge in [0, 0.05) is 41.4 Å². The van der Waals surface area contributed by atoms with E-state index in [1.807, 2.05) is 18.2 Å². The van der Waals surface area contributed by atoms with E-state index in [1.165, 1.54) is 6.07 Å². The van der Waals surface area contributed by atoms with Gasteiger partial charge in [-0.1, -0.05) is 56.3 Å². The fraction of sp³-hybridized carbons (Fsp3) is 0.240. The zero-order valence-electron chi connectivity index (χ0n) is 16.9. The number of carbonyl (C=O) groups excluding carboxylic acids is 1. The Hall–Kier alpha value is -3.47. The number of Topliss-reactive ketones (excluding diaryl/α,β-unsaturated/α-hetero) is 1. The summed E-state index contributed by atoms with van der Waals surface area (Å²) in [4.78, 5) is 24.4. The highest BCUT2D eigenvalue weighted by Crippen LogP contribution is 2.51. The molecule has 2 aliphatic rings. The SMILES string of the molecule is CC1(C)CC(=O)C2=C(C1)Nc1ccc3ccccc3c1[C@H]2c1cccc([N+](=O)[O-])c1. The molecule has 5 nitrogen and oxygen atoms in total. The zero-order valence-corrected chi connectivity index (χ0v) is 16.9. The second kappa shape index (κ2) is 6.52. The largest absolute Gasteiger partial charge is 0.358 e. The first kappa shape index (κ1) is 18.6. The number of nitro benzene ring substituents is 1. The summed E-state index contributed by atoms with van der Waals surface area (Å²) in [6.07, 6.45) is 1.24. The fourth-order valence-corrected chi connectivity index (χ4v) is 4.95. The number of anilines is 1. The monoisotopic (exact) mass is 398 g/mol. The van der Waals surface area contributed by atoms with Crippen LogP contribution in [0.5, 0.6) is 0 Å². The molecule has 3 aromatic rings. The first-order chi connectivity index (χ1) is 14.3. The van der Waals surface area contributed by atoms with Crippen LogP contribution in [0.4, 0.5) is 11.4 Å². The topological polar surface area (TPSA) is 72.2 Å². The molecule has 0 bridgehead atoms. The second-order valence-corrected chi connectivity index (χ2v) is 8.99. The van der Waals surface area contributed by atoms with Gasteiger partial charge in [-0.05, 0) is 39.8 Å². The normalized spacial score (nSPS) is 19.8. The molecule has 1 aliphatic carbocycles. The van der Waals surface area contributed by atoms with Gasteiger partial charge in [0.25, 0.3) is 5.69 Å². The maximum Gasteiger partial charge on any atom is 0.269 e. The van der Waals surface area contributed by atoms with Crippen molar-refractivity contribution in [1.29, 1.82) is 0 Å². The highest BCUT2D eigenvalue weighted by Gasteiger charge is 2.41. The molecule has 0 aromatic heterocycles. The summed E-state index contributed by atoms with van der Waals surface area (Å²) in [5.74, 6) is -0.213. The Morgan fingerprint density at radius 2 is 1.83 bits per heavy atom. The molecule has 0 radical (unpaired) electrons. The van der Waals surface area contributed by atoms with E-state index < -0.39 is 0 Å². The molecule has 3 aromatic carbocycles. The first-order valence-electron chi connectivity index (χ1n) is 10.1. The van der Waals surface area contributed by atoms with Crippen LogP contribution in [0.25, 0.3) is 10.8 Å². The number of nitrogens with zero attached hydrogens (tertiary/aromatic N) is 1. The molecule has 0 saturated carbocycles. The third kappa shape index (κ3) is 2.89. The highest BCUT2D eigenvalue weighted by atomic mass is 16.6. The lowest BCUT2D eigenvalue weighted by Gasteiger charge is -2.40. The van der Waals surface area contributed by atoms with Gasteiger partial charge in [-0.2, -0.15) is 0 Å². The Balaban J connectivity index is 1.82. The maximum absolute atomic E-state index is 13.4. The molecule has 1 heterocycles. The number of carbonyl (C=O) groups is 1. The summed E-state index contributed by atoms with van der Waals surface area (Å²) in [5, 5.41) is 17.1. The van der Waals surface area contributed by atoms with Gasteiger partial charge in [0.15, 0.2) is 5.78 Å². The second-order valence-electron chi connectivity index (χ2n) is 8.99. The van der Waals surface area contributed by atoms with Crippen molar-refractivity contribution >= 4 is 27.9 Å². The molecule has 1 aliphatic heterocycles. The van der Waals surface area contributed by atoms with Gasteiger partial charge in [-0.15, -0.1) is 0 Å². The number of benzene rings is 3. The van der Waals surface area contributed by atoms with Crippen LogP contribution in [0, 0.1) is 15.5 Å². The molecule has 1 N–H and O–H groups in total. The van der Waals surface area contributed by atoms with Crippen LogP contribution in [-0.4, -0.2) is 10.7 Å². The molecule has 0 amide bonds. The number of nitro groups is 1. The van der Waals surface area contributed by atoms with E-state index >= 15 is 0 Å². The fourth-order valence-electron chi connectivity index (χ4n) is 4.95. The summed E-state index contributed by atoms with van der Waals surface area (Å²) in [6.45, 7) is 4.21. The van der Waals surface area contributed by atoms with Crippen molar-refractivity contribution in [3.8, 4) is 0 Å². The van der Waals surface area contributed by atoms with E-state index in [-0.39, 0.29) is 27.7 Å². The molecule has 0 unspecified atom stereocenters. The smallest absolute Gasteiger partial charge is 0.269 e. The van der Waals surface area contributed by atoms with Crippen LogP contribution >= 0.6 is 0 Å². The van der Waals surface area contributed by atoms with Crippen LogP contribution in [0.15, 0.2) is 71.9 Å². The van der Waals surface area contributed by atoms with Crippen LogP contribution < -0.4 is 5.32 Å². The lowest BCUT2D eigenvalue weighted by molar-refractivity contribution is -0.384. The van der Waals surface area contributed by atoms with E-state index in [0.29, 0.717) is 6.42 Å². The van der Waals surface area contributed by atoms with Crippen molar-refractivity contribution in [2.75, 3.05) is 5.32 Å². The maximum atomic E-state index is 13.4. The zero-order chi connectivity index (χ0) is 21.0. The summed E-state index contributed by atoms with van der Waals surface area (Å²) >= 11 is 0. The predicted octanol–water partition coefficient (Wildman–Crippen LogP) is 5.95. The van der Waals surface area contributed by atoms with Crippen molar-refractivity contribution in [3.63, 3.8) is 0 Å². The van der Waals surface area contributed by atoms with Gasteiger partial charge in [0.1, 0.15) is 0 Å². The van der Waals surface area contributed by atoms with Gasteiger partial charge in [-0.3, -0.25) is 14.9 Å². The molecule has 150 valence electrons. The number of non-ortho nitro benzene ring substituents is 1. The van der Waals surface area contributed by atoms with Crippen LogP contribution in [-0.2, 0) is 4.79 Å². The first-order valence-corrected chi connectivity index (χ1v) is 10.1. The molecular weight excluding hydrogens is 376 g/mol. The third-order valence-corrected chi connectivity index (χ3v) is 6.17. The van der Waals surface area contributed by atoms with Crippen molar-refractivity contribution in [2.45, 2.75) is 32.6 Å². The van der Waals surface area contributed by atoms with E-state index in [0.717, 1.165) is 45.3 Å². The predicted molar refractivity (Wildman–Crippen MR) is 118 cm³/mol. The molecule has 0 spiro atoms. The summed E-state index contributed by atoms with van der Waals surface area (Å²) in [5.41, 5.74) is 4.37. The number of rotatable bonds is 2. The Morgan fingerprint density at radius 1 is 1.03 bits per heavy atom. The van der Waals surface area contributed by atoms with Gasteiger partial charge >= 0.3 is 0 Å². The van der Waals surface area contributed by atoms with E-state index in [1.54, 1.807) is 12.1 Å². The van der Waals surface area contributed by atoms with Crippen molar-refractivity contribution in [1.82, 2.24) is 0 Å². The standard InChI is InChI=1S/C25H22N2O3/c1-25(2)13-20-24(21(28)14-25)22(16-7-5-8-17(12-16)27(29)30)23-18-9-4-3-6-15(18)10-11-19(23)26-20/h3-12,22,26H,13-14H2,1-2H3/t22-/m1/s1. The van der Waals surface area contributed by atoms with Crippen LogP contribution in [0.1, 0.15) is 43.7 Å². The number of hydrogen-bond donors (Lipinski definition) is 1. The summed E-state index contributed by atoms with van der Waals surface area (Å²) in [7, 11) is 0. The molecular formula is C25H22N2O3. The molecule has 0 fully saturated rings. The van der Waals surface area contributed by atoms with Crippen LogP contribution in [0.3, 0.4) is 0 Å². The number of hydrogen-bond acceptors (Lipinski definition) is 4. The number of allylic oxidation sites excluding steroid dienone is 2. The molecule has 1 atom stereocenters. The quantitative estimate of drug-likeness (QED) is 0.428.